The Morgan fingerprint density at radius 3 is 2.68 bits per heavy atom. The van der Waals surface area contributed by atoms with Crippen LogP contribution in [0.4, 0.5) is 5.69 Å². The van der Waals surface area contributed by atoms with Crippen LogP contribution in [0.2, 0.25) is 0 Å². The van der Waals surface area contributed by atoms with E-state index in [2.05, 4.69) is 18.8 Å². The molecule has 2 aliphatic heterocycles. The van der Waals surface area contributed by atoms with Crippen molar-refractivity contribution in [2.75, 3.05) is 11.7 Å². The van der Waals surface area contributed by atoms with Gasteiger partial charge in [-0.2, -0.15) is 0 Å². The molecule has 6 heteroatoms. The highest BCUT2D eigenvalue weighted by Gasteiger charge is 2.32. The highest BCUT2D eigenvalue weighted by molar-refractivity contribution is 8.14. The third-order valence-electron chi connectivity index (χ3n) is 4.70. The number of ether oxygens (including phenoxy) is 2. The molecule has 0 aromatic heterocycles. The first-order valence-corrected chi connectivity index (χ1v) is 10.2. The summed E-state index contributed by atoms with van der Waals surface area (Å²) in [6.45, 7) is 6.53. The van der Waals surface area contributed by atoms with Crippen LogP contribution in [0.15, 0.2) is 53.2 Å². The van der Waals surface area contributed by atoms with Gasteiger partial charge in [0.15, 0.2) is 16.7 Å². The molecule has 1 atom stereocenters. The van der Waals surface area contributed by atoms with Crippen LogP contribution in [0.3, 0.4) is 0 Å². The number of carbonyl (C=O) groups is 1. The third-order valence-corrected chi connectivity index (χ3v) is 5.92. The Labute approximate surface area is 169 Å². The van der Waals surface area contributed by atoms with Gasteiger partial charge < -0.3 is 9.47 Å². The second-order valence-corrected chi connectivity index (χ2v) is 8.26. The van der Waals surface area contributed by atoms with E-state index in [1.165, 1.54) is 0 Å². The molecular formula is C22H22N2O3S. The van der Waals surface area contributed by atoms with Gasteiger partial charge in [-0.3, -0.25) is 9.69 Å². The van der Waals surface area contributed by atoms with Gasteiger partial charge in [0, 0.05) is 5.25 Å². The fraction of sp³-hybridized carbons (Fsp3) is 0.273. The average molecular weight is 394 g/mol. The molecule has 2 heterocycles. The Balaban J connectivity index is 1.69. The van der Waals surface area contributed by atoms with E-state index in [-0.39, 0.29) is 12.7 Å². The number of thioether (sulfide) groups is 1. The predicted molar refractivity (Wildman–Crippen MR) is 114 cm³/mol. The van der Waals surface area contributed by atoms with E-state index >= 15 is 0 Å². The number of anilines is 1. The van der Waals surface area contributed by atoms with Crippen LogP contribution in [0.1, 0.15) is 31.4 Å². The number of nitrogens with zero attached hydrogens (tertiary/aromatic N) is 2. The molecule has 0 spiro atoms. The van der Waals surface area contributed by atoms with Gasteiger partial charge in [0.1, 0.15) is 5.70 Å². The van der Waals surface area contributed by atoms with E-state index < -0.39 is 0 Å². The molecule has 28 heavy (non-hydrogen) atoms. The van der Waals surface area contributed by atoms with Crippen molar-refractivity contribution in [3.8, 4) is 11.5 Å². The molecule has 2 aromatic carbocycles. The zero-order valence-corrected chi connectivity index (χ0v) is 17.0. The number of hydrogen-bond acceptors (Lipinski definition) is 5. The Morgan fingerprint density at radius 1 is 1.18 bits per heavy atom. The van der Waals surface area contributed by atoms with Gasteiger partial charge in [0.25, 0.3) is 5.91 Å². The van der Waals surface area contributed by atoms with Gasteiger partial charge in [0.05, 0.1) is 5.69 Å². The van der Waals surface area contributed by atoms with E-state index in [0.29, 0.717) is 16.7 Å². The van der Waals surface area contributed by atoms with E-state index in [4.69, 9.17) is 9.47 Å². The van der Waals surface area contributed by atoms with Gasteiger partial charge in [-0.1, -0.05) is 49.4 Å². The van der Waals surface area contributed by atoms with E-state index in [1.807, 2.05) is 49.4 Å². The summed E-state index contributed by atoms with van der Waals surface area (Å²) >= 11 is 1.62. The summed E-state index contributed by atoms with van der Waals surface area (Å²) in [7, 11) is 0. The van der Waals surface area contributed by atoms with Crippen LogP contribution >= 0.6 is 11.8 Å². The number of amidine groups is 1. The Kier molecular flexibility index (Phi) is 5.13. The van der Waals surface area contributed by atoms with Gasteiger partial charge in [-0.05, 0) is 49.2 Å². The summed E-state index contributed by atoms with van der Waals surface area (Å²) in [5, 5.41) is 1.08. The van der Waals surface area contributed by atoms with Crippen molar-refractivity contribution in [2.24, 2.45) is 4.99 Å². The largest absolute Gasteiger partial charge is 0.454 e. The van der Waals surface area contributed by atoms with Crippen LogP contribution in [0, 0.1) is 6.92 Å². The molecule has 4 rings (SSSR count). The minimum absolute atomic E-state index is 0.118. The number of hydrogen-bond donors (Lipinski definition) is 0. The fourth-order valence-corrected chi connectivity index (χ4v) is 3.89. The quantitative estimate of drug-likeness (QED) is 0.685. The molecule has 0 bridgehead atoms. The second-order valence-electron chi connectivity index (χ2n) is 6.85. The summed E-state index contributed by atoms with van der Waals surface area (Å²) in [6, 6.07) is 13.6. The molecule has 0 saturated heterocycles. The number of rotatable bonds is 4. The molecule has 0 radical (unpaired) electrons. The van der Waals surface area contributed by atoms with E-state index in [0.717, 1.165) is 34.2 Å². The molecule has 1 unspecified atom stereocenters. The molecule has 0 fully saturated rings. The van der Waals surface area contributed by atoms with Crippen molar-refractivity contribution >= 4 is 34.6 Å². The maximum absolute atomic E-state index is 13.2. The lowest BCUT2D eigenvalue weighted by atomic mass is 10.1. The number of fused-ring (bicyclic) bond motifs is 1. The first-order chi connectivity index (χ1) is 13.5. The minimum atomic E-state index is -0.118. The van der Waals surface area contributed by atoms with Crippen molar-refractivity contribution in [3.05, 3.63) is 59.3 Å². The maximum atomic E-state index is 13.2. The zero-order valence-electron chi connectivity index (χ0n) is 16.1. The number of aliphatic imine (C=N–C) groups is 1. The monoisotopic (exact) mass is 394 g/mol. The Bertz CT molecular complexity index is 966. The van der Waals surface area contributed by atoms with Gasteiger partial charge in [-0.15, -0.1) is 0 Å². The summed E-state index contributed by atoms with van der Waals surface area (Å²) < 4.78 is 10.8. The molecule has 144 valence electrons. The summed E-state index contributed by atoms with van der Waals surface area (Å²) in [5.41, 5.74) is 3.26. The normalized spacial score (nSPS) is 18.0. The smallest absolute Gasteiger partial charge is 0.283 e. The molecule has 0 N–H and O–H groups in total. The fourth-order valence-electron chi connectivity index (χ4n) is 2.92. The molecule has 2 aliphatic rings. The predicted octanol–water partition coefficient (Wildman–Crippen LogP) is 5.00. The van der Waals surface area contributed by atoms with Crippen LogP contribution in [0.5, 0.6) is 11.5 Å². The summed E-state index contributed by atoms with van der Waals surface area (Å²) in [6.07, 6.45) is 2.80. The lowest BCUT2D eigenvalue weighted by Gasteiger charge is -2.19. The first kappa shape index (κ1) is 18.6. The maximum Gasteiger partial charge on any atom is 0.283 e. The lowest BCUT2D eigenvalue weighted by Crippen LogP contribution is -2.31. The molecule has 0 aliphatic carbocycles. The van der Waals surface area contributed by atoms with Crippen LogP contribution in [0.25, 0.3) is 6.08 Å². The number of amides is 1. The van der Waals surface area contributed by atoms with Crippen molar-refractivity contribution < 1.29 is 14.3 Å². The Morgan fingerprint density at radius 2 is 1.93 bits per heavy atom. The SMILES string of the molecule is CCC(C)SC1=N/C(=C/c2ccc3c(c2)OCO3)C(=O)N1c1ccc(C)cc1. The number of benzene rings is 2. The highest BCUT2D eigenvalue weighted by Crippen LogP contribution is 2.35. The Hall–Kier alpha value is -2.73. The lowest BCUT2D eigenvalue weighted by molar-refractivity contribution is -0.113. The van der Waals surface area contributed by atoms with Crippen LogP contribution in [-0.2, 0) is 4.79 Å². The molecule has 1 amide bonds. The first-order valence-electron chi connectivity index (χ1n) is 9.33. The number of aryl methyl sites for hydroxylation is 1. The molecular weight excluding hydrogens is 372 g/mol. The van der Waals surface area contributed by atoms with E-state index in [1.54, 1.807) is 22.7 Å². The zero-order chi connectivity index (χ0) is 19.7. The van der Waals surface area contributed by atoms with E-state index in [9.17, 15) is 4.79 Å². The second kappa shape index (κ2) is 7.72. The van der Waals surface area contributed by atoms with Crippen LogP contribution in [-0.4, -0.2) is 23.1 Å². The van der Waals surface area contributed by atoms with Gasteiger partial charge in [0.2, 0.25) is 6.79 Å². The minimum Gasteiger partial charge on any atom is -0.454 e. The summed E-state index contributed by atoms with van der Waals surface area (Å²) in [4.78, 5) is 19.6. The van der Waals surface area contributed by atoms with Crippen molar-refractivity contribution in [1.29, 1.82) is 0 Å². The van der Waals surface area contributed by atoms with Gasteiger partial charge in [-0.25, -0.2) is 4.99 Å². The standard InChI is InChI=1S/C22H22N2O3S/c1-4-15(3)28-22-23-18(11-16-7-10-19-20(12-16)27-13-26-19)21(25)24(22)17-8-5-14(2)6-9-17/h5-12,15H,4,13H2,1-3H3/b18-11+. The topological polar surface area (TPSA) is 51.1 Å². The number of carbonyl (C=O) groups excluding carboxylic acids is 1. The van der Waals surface area contributed by atoms with Crippen molar-refractivity contribution in [2.45, 2.75) is 32.4 Å². The van der Waals surface area contributed by atoms with Crippen molar-refractivity contribution in [1.82, 2.24) is 0 Å². The molecule has 0 saturated carbocycles. The summed E-state index contributed by atoms with van der Waals surface area (Å²) in [5.74, 6) is 1.29. The van der Waals surface area contributed by atoms with Gasteiger partial charge >= 0.3 is 0 Å². The molecule has 5 nitrogen and oxygen atoms in total. The molecule has 2 aromatic rings. The average Bonchev–Trinajstić information content (AvgIpc) is 3.27. The highest BCUT2D eigenvalue weighted by atomic mass is 32.2. The van der Waals surface area contributed by atoms with Crippen LogP contribution < -0.4 is 14.4 Å². The van der Waals surface area contributed by atoms with Crippen molar-refractivity contribution in [3.63, 3.8) is 0 Å². The third kappa shape index (κ3) is 3.64.